The molecule has 0 spiro atoms. The molecule has 0 aliphatic rings. The highest BCUT2D eigenvalue weighted by atomic mass is 127. The van der Waals surface area contributed by atoms with Crippen LogP contribution in [0.25, 0.3) is 0 Å². The predicted octanol–water partition coefficient (Wildman–Crippen LogP) is 4.19. The quantitative estimate of drug-likeness (QED) is 0.393. The summed E-state index contributed by atoms with van der Waals surface area (Å²) in [5, 5.41) is 5.61. The maximum atomic E-state index is 12.9. The minimum Gasteiger partial charge on any atom is -0.345 e. The van der Waals surface area contributed by atoms with Crippen LogP contribution in [0.5, 0.6) is 0 Å². The second-order valence-electron chi connectivity index (χ2n) is 7.45. The van der Waals surface area contributed by atoms with Gasteiger partial charge in [-0.2, -0.15) is 0 Å². The first-order chi connectivity index (χ1) is 15.6. The molecule has 3 rings (SSSR count). The Labute approximate surface area is 207 Å². The van der Waals surface area contributed by atoms with Gasteiger partial charge in [-0.05, 0) is 71.5 Å². The van der Waals surface area contributed by atoms with Gasteiger partial charge in [-0.1, -0.05) is 42.5 Å². The van der Waals surface area contributed by atoms with Gasteiger partial charge in [0.15, 0.2) is 0 Å². The Morgan fingerprint density at radius 1 is 0.939 bits per heavy atom. The topological polar surface area (TPSA) is 95.6 Å². The van der Waals surface area contributed by atoms with Crippen LogP contribution in [0.2, 0.25) is 0 Å². The van der Waals surface area contributed by atoms with Crippen molar-refractivity contribution in [2.45, 2.75) is 13.0 Å². The first-order valence-electron chi connectivity index (χ1n) is 10.1. The van der Waals surface area contributed by atoms with E-state index in [1.807, 2.05) is 37.3 Å². The number of nitrogens with zero attached hydrogens (tertiary/aromatic N) is 1. The molecule has 0 aliphatic carbocycles. The summed E-state index contributed by atoms with van der Waals surface area (Å²) < 4.78 is 26.6. The van der Waals surface area contributed by atoms with Crippen molar-refractivity contribution >= 4 is 55.8 Å². The number of nitrogens with one attached hydrogen (secondary N) is 2. The maximum absolute atomic E-state index is 12.9. The monoisotopic (exact) mass is 577 g/mol. The lowest BCUT2D eigenvalue weighted by Gasteiger charge is -2.22. The van der Waals surface area contributed by atoms with E-state index >= 15 is 0 Å². The minimum absolute atomic E-state index is 0.232. The molecule has 3 aromatic carbocycles. The zero-order chi connectivity index (χ0) is 24.0. The molecule has 33 heavy (non-hydrogen) atoms. The molecule has 2 amide bonds. The third-order valence-corrected chi connectivity index (χ3v) is 6.75. The number of anilines is 2. The van der Waals surface area contributed by atoms with E-state index in [2.05, 4.69) is 33.2 Å². The third-order valence-electron chi connectivity index (χ3n) is 4.90. The van der Waals surface area contributed by atoms with Crippen LogP contribution in [0.1, 0.15) is 28.9 Å². The molecular weight excluding hydrogens is 553 g/mol. The second kappa shape index (κ2) is 10.8. The fourth-order valence-electron chi connectivity index (χ4n) is 3.22. The summed E-state index contributed by atoms with van der Waals surface area (Å²) in [6.07, 6.45) is 1.05. The predicted molar refractivity (Wildman–Crippen MR) is 139 cm³/mol. The van der Waals surface area contributed by atoms with Crippen molar-refractivity contribution in [3.63, 3.8) is 0 Å². The Hall–Kier alpha value is -2.92. The molecule has 0 saturated carbocycles. The van der Waals surface area contributed by atoms with Gasteiger partial charge in [-0.25, -0.2) is 8.42 Å². The largest absolute Gasteiger partial charge is 0.345 e. The van der Waals surface area contributed by atoms with E-state index in [1.165, 1.54) is 0 Å². The summed E-state index contributed by atoms with van der Waals surface area (Å²) in [7, 11) is -3.70. The maximum Gasteiger partial charge on any atom is 0.253 e. The van der Waals surface area contributed by atoms with Crippen LogP contribution < -0.4 is 14.9 Å². The van der Waals surface area contributed by atoms with Crippen molar-refractivity contribution in [2.24, 2.45) is 0 Å². The number of benzene rings is 3. The average molecular weight is 577 g/mol. The molecule has 0 aliphatic heterocycles. The Bertz CT molecular complexity index is 1230. The Kier molecular flexibility index (Phi) is 8.09. The summed E-state index contributed by atoms with van der Waals surface area (Å²) in [6, 6.07) is 22.7. The van der Waals surface area contributed by atoms with Crippen LogP contribution in [-0.2, 0) is 14.8 Å². The highest BCUT2D eigenvalue weighted by Crippen LogP contribution is 2.21. The summed E-state index contributed by atoms with van der Waals surface area (Å²) in [6.45, 7) is 1.45. The van der Waals surface area contributed by atoms with E-state index in [4.69, 9.17) is 0 Å². The summed E-state index contributed by atoms with van der Waals surface area (Å²) in [5.41, 5.74) is 1.93. The number of hydrogen-bond acceptors (Lipinski definition) is 4. The van der Waals surface area contributed by atoms with Crippen LogP contribution in [0.4, 0.5) is 11.4 Å². The van der Waals surface area contributed by atoms with Gasteiger partial charge in [0.05, 0.1) is 29.2 Å². The van der Waals surface area contributed by atoms with Crippen molar-refractivity contribution in [3.05, 3.63) is 93.6 Å². The lowest BCUT2D eigenvalue weighted by atomic mass is 10.1. The first-order valence-corrected chi connectivity index (χ1v) is 13.1. The Morgan fingerprint density at radius 3 is 2.18 bits per heavy atom. The zero-order valence-electron chi connectivity index (χ0n) is 18.2. The van der Waals surface area contributed by atoms with E-state index in [0.29, 0.717) is 11.4 Å². The number of rotatable bonds is 8. The lowest BCUT2D eigenvalue weighted by molar-refractivity contribution is -0.114. The Balaban J connectivity index is 1.76. The summed E-state index contributed by atoms with van der Waals surface area (Å²) >= 11 is 2.12. The van der Waals surface area contributed by atoms with E-state index in [9.17, 15) is 18.0 Å². The molecule has 0 saturated heterocycles. The van der Waals surface area contributed by atoms with Gasteiger partial charge in [0.2, 0.25) is 15.9 Å². The van der Waals surface area contributed by atoms with Crippen molar-refractivity contribution in [2.75, 3.05) is 22.4 Å². The van der Waals surface area contributed by atoms with Gasteiger partial charge in [0.25, 0.3) is 5.91 Å². The van der Waals surface area contributed by atoms with Gasteiger partial charge in [-0.15, -0.1) is 0 Å². The molecule has 3 aromatic rings. The van der Waals surface area contributed by atoms with Crippen LogP contribution in [0, 0.1) is 3.57 Å². The van der Waals surface area contributed by atoms with Crippen LogP contribution in [0.3, 0.4) is 0 Å². The normalized spacial score (nSPS) is 12.0. The van der Waals surface area contributed by atoms with Crippen LogP contribution in [0.15, 0.2) is 78.9 Å². The molecule has 0 fully saturated rings. The molecule has 172 valence electrons. The first kappa shape index (κ1) is 24.7. The standard InChI is InChI=1S/C24H24IN3O4S/c1-17(18-8-4-3-5-9-18)26-24(30)21-10-6-7-11-22(21)27-23(29)16-28(33(2,31)32)20-14-12-19(25)13-15-20/h3-15,17H,16H2,1-2H3,(H,26,30)(H,27,29)/t17-/m1/s1. The second-order valence-corrected chi connectivity index (χ2v) is 10.6. The molecule has 0 heterocycles. The van der Waals surface area contributed by atoms with Crippen molar-refractivity contribution in [1.29, 1.82) is 0 Å². The van der Waals surface area contributed by atoms with Gasteiger partial charge in [0.1, 0.15) is 6.54 Å². The number of carbonyl (C=O) groups excluding carboxylic acids is 2. The number of para-hydroxylation sites is 1. The number of carbonyl (C=O) groups is 2. The van der Waals surface area contributed by atoms with E-state index < -0.39 is 22.5 Å². The minimum atomic E-state index is -3.70. The zero-order valence-corrected chi connectivity index (χ0v) is 21.1. The molecule has 0 unspecified atom stereocenters. The smallest absolute Gasteiger partial charge is 0.253 e. The molecule has 0 bridgehead atoms. The van der Waals surface area contributed by atoms with Crippen LogP contribution >= 0.6 is 22.6 Å². The van der Waals surface area contributed by atoms with Gasteiger partial charge in [0, 0.05) is 3.57 Å². The number of amides is 2. The fraction of sp³-hybridized carbons (Fsp3) is 0.167. The Morgan fingerprint density at radius 2 is 1.55 bits per heavy atom. The molecule has 2 N–H and O–H groups in total. The summed E-state index contributed by atoms with van der Waals surface area (Å²) in [4.78, 5) is 25.7. The number of sulfonamides is 1. The SMILES string of the molecule is C[C@@H](NC(=O)c1ccccc1NC(=O)CN(c1ccc(I)cc1)S(C)(=O)=O)c1ccccc1. The molecule has 0 aromatic heterocycles. The van der Waals surface area contributed by atoms with Gasteiger partial charge in [-0.3, -0.25) is 13.9 Å². The van der Waals surface area contributed by atoms with Crippen LogP contribution in [-0.4, -0.2) is 33.0 Å². The van der Waals surface area contributed by atoms with E-state index in [1.54, 1.807) is 48.5 Å². The van der Waals surface area contributed by atoms with Crippen molar-refractivity contribution < 1.29 is 18.0 Å². The van der Waals surface area contributed by atoms with Gasteiger partial charge < -0.3 is 10.6 Å². The molecule has 0 radical (unpaired) electrons. The molecule has 7 nitrogen and oxygen atoms in total. The fourth-order valence-corrected chi connectivity index (χ4v) is 4.43. The van der Waals surface area contributed by atoms with Crippen molar-refractivity contribution in [3.8, 4) is 0 Å². The number of halogens is 1. The van der Waals surface area contributed by atoms with E-state index in [0.717, 1.165) is 19.7 Å². The highest BCUT2D eigenvalue weighted by molar-refractivity contribution is 14.1. The molecule has 1 atom stereocenters. The van der Waals surface area contributed by atoms with Gasteiger partial charge >= 0.3 is 0 Å². The summed E-state index contributed by atoms with van der Waals surface area (Å²) in [5.74, 6) is -0.907. The third kappa shape index (κ3) is 6.78. The lowest BCUT2D eigenvalue weighted by Crippen LogP contribution is -2.37. The highest BCUT2D eigenvalue weighted by Gasteiger charge is 2.22. The average Bonchev–Trinajstić information content (AvgIpc) is 2.78. The van der Waals surface area contributed by atoms with E-state index in [-0.39, 0.29) is 17.5 Å². The van der Waals surface area contributed by atoms with Crippen molar-refractivity contribution in [1.82, 2.24) is 5.32 Å². The molecular formula is C24H24IN3O4S. The number of hydrogen-bond donors (Lipinski definition) is 2. The molecule has 9 heteroatoms.